The van der Waals surface area contributed by atoms with Gasteiger partial charge in [-0.25, -0.2) is 22.2 Å². The predicted octanol–water partition coefficient (Wildman–Crippen LogP) is 3.05. The molecule has 2 heterocycles. The average Bonchev–Trinajstić information content (AvgIpc) is 3.25. The van der Waals surface area contributed by atoms with Crippen LogP contribution in [0.25, 0.3) is 0 Å². The number of alkyl halides is 2. The van der Waals surface area contributed by atoms with E-state index in [2.05, 4.69) is 20.5 Å². The zero-order valence-electron chi connectivity index (χ0n) is 14.9. The number of aliphatic hydroxyl groups is 1. The minimum Gasteiger partial charge on any atom is -0.377 e. The van der Waals surface area contributed by atoms with Crippen LogP contribution < -0.4 is 0 Å². The SMILES string of the molecule is O[C@](Cn1cnnn1)(c1ccc(F)cc1F)C(F)(F)C12CC(c3cncs3)(C1)C2. The van der Waals surface area contributed by atoms with E-state index in [1.165, 1.54) is 11.3 Å². The minimum absolute atomic E-state index is 0.163. The summed E-state index contributed by atoms with van der Waals surface area (Å²) in [6.45, 7) is -0.773. The number of nitrogens with zero attached hydrogens (tertiary/aromatic N) is 5. The van der Waals surface area contributed by atoms with Crippen LogP contribution >= 0.6 is 11.3 Å². The van der Waals surface area contributed by atoms with Crippen LogP contribution in [0.4, 0.5) is 17.6 Å². The molecule has 0 unspecified atom stereocenters. The van der Waals surface area contributed by atoms with Gasteiger partial charge in [0.25, 0.3) is 5.92 Å². The Bertz CT molecular complexity index is 1040. The molecule has 11 heteroatoms. The van der Waals surface area contributed by atoms with Gasteiger partial charge in [-0.05, 0) is 41.8 Å². The second-order valence-corrected chi connectivity index (χ2v) is 8.91. The van der Waals surface area contributed by atoms with E-state index in [9.17, 15) is 13.9 Å². The van der Waals surface area contributed by atoms with Crippen molar-refractivity contribution in [3.05, 3.63) is 58.3 Å². The van der Waals surface area contributed by atoms with Crippen LogP contribution in [0.15, 0.2) is 36.2 Å². The fraction of sp³-hybridized carbons (Fsp3) is 0.444. The average molecular weight is 425 g/mol. The molecule has 0 aliphatic heterocycles. The van der Waals surface area contributed by atoms with E-state index < -0.39 is 40.7 Å². The summed E-state index contributed by atoms with van der Waals surface area (Å²) in [4.78, 5) is 4.95. The van der Waals surface area contributed by atoms with Gasteiger partial charge < -0.3 is 5.11 Å². The quantitative estimate of drug-likeness (QED) is 0.615. The molecule has 0 saturated heterocycles. The standard InChI is InChI=1S/C18H15F4N5OS/c19-11-1-2-12(13(20)3-11)17(28,8-27-9-24-25-26-27)18(21,22)16-5-15(6-16,7-16)14-4-23-10-29-14/h1-4,9-10,28H,5-8H2/t15?,16?,17-/m1/s1. The summed E-state index contributed by atoms with van der Waals surface area (Å²) in [5, 5.41) is 21.6. The van der Waals surface area contributed by atoms with Crippen molar-refractivity contribution in [2.24, 2.45) is 5.41 Å². The number of hydrogen-bond acceptors (Lipinski definition) is 6. The normalized spacial score (nSPS) is 27.8. The first-order chi connectivity index (χ1) is 13.7. The Morgan fingerprint density at radius 1 is 1.21 bits per heavy atom. The van der Waals surface area contributed by atoms with Gasteiger partial charge in [0.15, 0.2) is 5.60 Å². The fourth-order valence-corrected chi connectivity index (χ4v) is 5.79. The van der Waals surface area contributed by atoms with Crippen molar-refractivity contribution < 1.29 is 22.7 Å². The molecule has 1 aromatic carbocycles. The largest absolute Gasteiger partial charge is 0.377 e. The summed E-state index contributed by atoms with van der Waals surface area (Å²) in [6, 6.07) is 2.18. The van der Waals surface area contributed by atoms with Gasteiger partial charge in [-0.3, -0.25) is 4.98 Å². The van der Waals surface area contributed by atoms with E-state index in [0.29, 0.717) is 6.07 Å². The maximum atomic E-state index is 15.9. The zero-order valence-corrected chi connectivity index (χ0v) is 15.7. The van der Waals surface area contributed by atoms with Gasteiger partial charge in [-0.15, -0.1) is 16.4 Å². The molecule has 0 amide bonds. The first-order valence-corrected chi connectivity index (χ1v) is 9.75. The number of tetrazole rings is 1. The molecule has 29 heavy (non-hydrogen) atoms. The van der Waals surface area contributed by atoms with E-state index in [0.717, 1.165) is 28.0 Å². The van der Waals surface area contributed by atoms with Crippen LogP contribution in [0.1, 0.15) is 29.7 Å². The first-order valence-electron chi connectivity index (χ1n) is 8.87. The minimum atomic E-state index is -3.71. The second-order valence-electron chi connectivity index (χ2n) is 8.02. The summed E-state index contributed by atoms with van der Waals surface area (Å²) in [5.74, 6) is -5.88. The third-order valence-corrected chi connectivity index (χ3v) is 7.35. The molecule has 1 atom stereocenters. The van der Waals surface area contributed by atoms with Crippen molar-refractivity contribution in [1.82, 2.24) is 25.2 Å². The van der Waals surface area contributed by atoms with Crippen molar-refractivity contribution in [3.8, 4) is 0 Å². The lowest BCUT2D eigenvalue weighted by molar-refractivity contribution is -0.347. The van der Waals surface area contributed by atoms with Crippen LogP contribution in [-0.2, 0) is 17.6 Å². The van der Waals surface area contributed by atoms with Gasteiger partial charge >= 0.3 is 0 Å². The van der Waals surface area contributed by atoms with E-state index in [1.807, 2.05) is 0 Å². The van der Waals surface area contributed by atoms with E-state index in [-0.39, 0.29) is 24.7 Å². The van der Waals surface area contributed by atoms with Crippen molar-refractivity contribution >= 4 is 11.3 Å². The van der Waals surface area contributed by atoms with E-state index >= 15 is 8.78 Å². The number of halogens is 4. The van der Waals surface area contributed by atoms with Gasteiger partial charge in [0.05, 0.1) is 12.1 Å². The van der Waals surface area contributed by atoms with Gasteiger partial charge in [0.1, 0.15) is 18.0 Å². The molecule has 0 radical (unpaired) electrons. The summed E-state index contributed by atoms with van der Waals surface area (Å²) >= 11 is 1.41. The highest BCUT2D eigenvalue weighted by Gasteiger charge is 2.82. The van der Waals surface area contributed by atoms with Crippen LogP contribution in [-0.4, -0.2) is 36.2 Å². The smallest absolute Gasteiger partial charge is 0.287 e. The first kappa shape index (κ1) is 18.6. The van der Waals surface area contributed by atoms with Gasteiger partial charge in [-0.1, -0.05) is 0 Å². The Hall–Kier alpha value is -2.40. The lowest BCUT2D eigenvalue weighted by atomic mass is 9.32. The Kier molecular flexibility index (Phi) is 3.74. The predicted molar refractivity (Wildman–Crippen MR) is 93.1 cm³/mol. The Balaban J connectivity index is 1.54. The third kappa shape index (κ3) is 2.37. The molecular weight excluding hydrogens is 410 g/mol. The van der Waals surface area contributed by atoms with Crippen molar-refractivity contribution in [2.45, 2.75) is 42.7 Å². The molecule has 2 bridgehead atoms. The fourth-order valence-electron chi connectivity index (χ4n) is 4.96. The molecule has 2 aromatic heterocycles. The highest BCUT2D eigenvalue weighted by atomic mass is 32.1. The molecule has 3 aliphatic rings. The molecular formula is C18H15F4N5OS. The Labute approximate surface area is 166 Å². The molecule has 3 aromatic rings. The molecule has 3 aliphatic carbocycles. The Morgan fingerprint density at radius 2 is 1.97 bits per heavy atom. The molecule has 3 fully saturated rings. The third-order valence-electron chi connectivity index (χ3n) is 6.33. The number of aromatic nitrogens is 5. The van der Waals surface area contributed by atoms with Gasteiger partial charge in [0.2, 0.25) is 0 Å². The van der Waals surface area contributed by atoms with Gasteiger partial charge in [-0.2, -0.15) is 0 Å². The maximum Gasteiger partial charge on any atom is 0.287 e. The summed E-state index contributed by atoms with van der Waals surface area (Å²) in [6.07, 6.45) is 3.23. The summed E-state index contributed by atoms with van der Waals surface area (Å²) in [7, 11) is 0. The number of hydrogen-bond donors (Lipinski definition) is 1. The van der Waals surface area contributed by atoms with Crippen LogP contribution in [0.5, 0.6) is 0 Å². The Morgan fingerprint density at radius 3 is 2.55 bits per heavy atom. The van der Waals surface area contributed by atoms with E-state index in [1.54, 1.807) is 11.7 Å². The summed E-state index contributed by atoms with van der Waals surface area (Å²) < 4.78 is 60.6. The number of thiazole rings is 1. The molecule has 6 nitrogen and oxygen atoms in total. The number of rotatable bonds is 6. The molecule has 1 N–H and O–H groups in total. The molecule has 3 saturated carbocycles. The molecule has 152 valence electrons. The van der Waals surface area contributed by atoms with Gasteiger partial charge in [0, 0.05) is 33.5 Å². The number of benzene rings is 1. The van der Waals surface area contributed by atoms with Crippen molar-refractivity contribution in [2.75, 3.05) is 0 Å². The monoisotopic (exact) mass is 425 g/mol. The van der Waals surface area contributed by atoms with Crippen molar-refractivity contribution in [1.29, 1.82) is 0 Å². The lowest BCUT2D eigenvalue weighted by Gasteiger charge is -2.73. The second kappa shape index (κ2) is 5.82. The van der Waals surface area contributed by atoms with Crippen LogP contribution in [0, 0.1) is 17.0 Å². The summed E-state index contributed by atoms with van der Waals surface area (Å²) in [5.41, 5.74) is -3.83. The van der Waals surface area contributed by atoms with Crippen LogP contribution in [0.2, 0.25) is 0 Å². The maximum absolute atomic E-state index is 15.9. The topological polar surface area (TPSA) is 76.7 Å². The van der Waals surface area contributed by atoms with Crippen molar-refractivity contribution in [3.63, 3.8) is 0 Å². The zero-order chi connectivity index (χ0) is 20.5. The highest BCUT2D eigenvalue weighted by molar-refractivity contribution is 7.09. The van der Waals surface area contributed by atoms with E-state index in [4.69, 9.17) is 0 Å². The molecule has 0 spiro atoms. The molecule has 6 rings (SSSR count). The van der Waals surface area contributed by atoms with Crippen LogP contribution in [0.3, 0.4) is 0 Å². The lowest BCUT2D eigenvalue weighted by Crippen LogP contribution is -2.75. The highest BCUT2D eigenvalue weighted by Crippen LogP contribution is 2.80.